The first-order chi connectivity index (χ1) is 14.8. The summed E-state index contributed by atoms with van der Waals surface area (Å²) in [5.74, 6) is 1.33. The first kappa shape index (κ1) is 23.6. The van der Waals surface area contributed by atoms with E-state index < -0.39 is 0 Å². The summed E-state index contributed by atoms with van der Waals surface area (Å²) in [5, 5.41) is 6.53. The Morgan fingerprint density at radius 2 is 1.77 bits per heavy atom. The molecule has 0 unspecified atom stereocenters. The van der Waals surface area contributed by atoms with Crippen molar-refractivity contribution in [1.82, 2.24) is 15.6 Å². The van der Waals surface area contributed by atoms with Crippen molar-refractivity contribution >= 4 is 5.96 Å². The molecule has 2 aromatic rings. The Morgan fingerprint density at radius 3 is 2.53 bits per heavy atom. The number of benzene rings is 1. The fourth-order valence-electron chi connectivity index (χ4n) is 2.59. The van der Waals surface area contributed by atoms with E-state index >= 15 is 0 Å². The lowest BCUT2D eigenvalue weighted by atomic mass is 10.2. The summed E-state index contributed by atoms with van der Waals surface area (Å²) in [6.07, 6.45) is 4.00. The molecule has 0 radical (unpaired) electrons. The summed E-state index contributed by atoms with van der Waals surface area (Å²) in [5.41, 5.74) is 2.18. The maximum Gasteiger partial charge on any atom is 0.213 e. The number of ether oxygens (including phenoxy) is 3. The van der Waals surface area contributed by atoms with E-state index in [2.05, 4.69) is 27.5 Å². The van der Waals surface area contributed by atoms with Gasteiger partial charge in [0.15, 0.2) is 5.96 Å². The van der Waals surface area contributed by atoms with Crippen molar-refractivity contribution in [2.45, 2.75) is 32.9 Å². The van der Waals surface area contributed by atoms with Gasteiger partial charge in [0.25, 0.3) is 0 Å². The zero-order valence-corrected chi connectivity index (χ0v) is 18.1. The van der Waals surface area contributed by atoms with Crippen LogP contribution in [0.4, 0.5) is 0 Å². The molecular formula is C23H34N4O3. The fraction of sp³-hybridized carbons (Fsp3) is 0.478. The summed E-state index contributed by atoms with van der Waals surface area (Å²) in [6.45, 7) is 6.61. The predicted molar refractivity (Wildman–Crippen MR) is 120 cm³/mol. The number of nitrogens with zero attached hydrogens (tertiary/aromatic N) is 2. The van der Waals surface area contributed by atoms with E-state index in [4.69, 9.17) is 14.2 Å². The third-order valence-corrected chi connectivity index (χ3v) is 4.27. The molecule has 0 bridgehead atoms. The summed E-state index contributed by atoms with van der Waals surface area (Å²) in [6, 6.07) is 13.9. The Bertz CT molecular complexity index is 725. The zero-order chi connectivity index (χ0) is 21.3. The molecule has 1 aromatic carbocycles. The normalized spacial score (nSPS) is 11.3. The lowest BCUT2D eigenvalue weighted by molar-refractivity contribution is 0.0487. The third-order valence-electron chi connectivity index (χ3n) is 4.27. The van der Waals surface area contributed by atoms with Crippen molar-refractivity contribution in [2.75, 3.05) is 40.0 Å². The van der Waals surface area contributed by atoms with Gasteiger partial charge in [-0.25, -0.2) is 4.98 Å². The van der Waals surface area contributed by atoms with E-state index in [0.29, 0.717) is 45.4 Å². The van der Waals surface area contributed by atoms with Crippen LogP contribution in [-0.4, -0.2) is 51.0 Å². The molecule has 0 aliphatic heterocycles. The number of rotatable bonds is 14. The van der Waals surface area contributed by atoms with E-state index in [1.165, 1.54) is 0 Å². The van der Waals surface area contributed by atoms with Gasteiger partial charge in [-0.2, -0.15) is 0 Å². The quantitative estimate of drug-likeness (QED) is 0.281. The van der Waals surface area contributed by atoms with Gasteiger partial charge in [-0.1, -0.05) is 43.7 Å². The van der Waals surface area contributed by atoms with Crippen LogP contribution in [0.1, 0.15) is 30.9 Å². The van der Waals surface area contributed by atoms with Crippen molar-refractivity contribution in [3.05, 3.63) is 59.8 Å². The molecular weight excluding hydrogens is 380 g/mol. The SMILES string of the molecule is CCCCOCCOCCNC(=NC)NCc1ccnc(OCc2ccccc2)c1. The van der Waals surface area contributed by atoms with Gasteiger partial charge in [-0.05, 0) is 23.6 Å². The number of nitrogens with one attached hydrogen (secondary N) is 2. The molecule has 0 saturated heterocycles. The maximum atomic E-state index is 5.79. The lowest BCUT2D eigenvalue weighted by Crippen LogP contribution is -2.38. The van der Waals surface area contributed by atoms with E-state index in [1.807, 2.05) is 42.5 Å². The molecule has 1 heterocycles. The second kappa shape index (κ2) is 15.2. The first-order valence-corrected chi connectivity index (χ1v) is 10.5. The third kappa shape index (κ3) is 10.2. The highest BCUT2D eigenvalue weighted by molar-refractivity contribution is 5.79. The van der Waals surface area contributed by atoms with E-state index in [9.17, 15) is 0 Å². The van der Waals surface area contributed by atoms with Crippen molar-refractivity contribution < 1.29 is 14.2 Å². The van der Waals surface area contributed by atoms with Crippen LogP contribution >= 0.6 is 0 Å². The van der Waals surface area contributed by atoms with Gasteiger partial charge in [0.2, 0.25) is 5.88 Å². The summed E-state index contributed by atoms with van der Waals surface area (Å²) in [7, 11) is 1.75. The second-order valence-corrected chi connectivity index (χ2v) is 6.71. The van der Waals surface area contributed by atoms with Crippen LogP contribution in [0.3, 0.4) is 0 Å². The van der Waals surface area contributed by atoms with Gasteiger partial charge in [0.05, 0.1) is 19.8 Å². The van der Waals surface area contributed by atoms with Crippen LogP contribution in [0.2, 0.25) is 0 Å². The monoisotopic (exact) mass is 414 g/mol. The molecule has 1 aromatic heterocycles. The standard InChI is InChI=1S/C23H34N4O3/c1-3-4-13-28-15-16-29-14-12-26-23(24-2)27-18-21-10-11-25-22(17-21)30-19-20-8-6-5-7-9-20/h5-11,17H,3-4,12-16,18-19H2,1-2H3,(H2,24,26,27). The van der Waals surface area contributed by atoms with Crippen LogP contribution < -0.4 is 15.4 Å². The number of aromatic nitrogens is 1. The molecule has 0 atom stereocenters. The van der Waals surface area contributed by atoms with Gasteiger partial charge in [-0.15, -0.1) is 0 Å². The Kier molecular flexibility index (Phi) is 12.0. The molecule has 2 N–H and O–H groups in total. The van der Waals surface area contributed by atoms with E-state index in [0.717, 1.165) is 36.5 Å². The molecule has 7 nitrogen and oxygen atoms in total. The average Bonchev–Trinajstić information content (AvgIpc) is 2.79. The second-order valence-electron chi connectivity index (χ2n) is 6.71. The van der Waals surface area contributed by atoms with Crippen molar-refractivity contribution in [2.24, 2.45) is 4.99 Å². The lowest BCUT2D eigenvalue weighted by Gasteiger charge is -2.13. The number of aliphatic imine (C=N–C) groups is 1. The molecule has 0 amide bonds. The van der Waals surface area contributed by atoms with Crippen molar-refractivity contribution in [3.63, 3.8) is 0 Å². The van der Waals surface area contributed by atoms with Crippen LogP contribution in [0, 0.1) is 0 Å². The summed E-state index contributed by atoms with van der Waals surface area (Å²) >= 11 is 0. The average molecular weight is 415 g/mol. The van der Waals surface area contributed by atoms with E-state index in [1.54, 1.807) is 13.2 Å². The molecule has 0 aliphatic carbocycles. The molecule has 7 heteroatoms. The molecule has 2 rings (SSSR count). The van der Waals surface area contributed by atoms with Gasteiger partial charge in [0.1, 0.15) is 6.61 Å². The van der Waals surface area contributed by atoms with E-state index in [-0.39, 0.29) is 0 Å². The highest BCUT2D eigenvalue weighted by atomic mass is 16.5. The number of guanidine groups is 1. The van der Waals surface area contributed by atoms with Crippen LogP contribution in [0.15, 0.2) is 53.7 Å². The van der Waals surface area contributed by atoms with Crippen LogP contribution in [0.5, 0.6) is 5.88 Å². The predicted octanol–water partition coefficient (Wildman–Crippen LogP) is 3.16. The van der Waals surface area contributed by atoms with Gasteiger partial charge < -0.3 is 24.8 Å². The number of hydrogen-bond acceptors (Lipinski definition) is 5. The Labute approximate surface area is 179 Å². The highest BCUT2D eigenvalue weighted by Crippen LogP contribution is 2.11. The molecule has 0 spiro atoms. The Morgan fingerprint density at radius 1 is 0.967 bits per heavy atom. The molecule has 0 aliphatic rings. The largest absolute Gasteiger partial charge is 0.473 e. The minimum absolute atomic E-state index is 0.498. The van der Waals surface area contributed by atoms with Gasteiger partial charge in [0, 0.05) is 39.0 Å². The summed E-state index contributed by atoms with van der Waals surface area (Å²) in [4.78, 5) is 8.52. The van der Waals surface area contributed by atoms with Crippen LogP contribution in [0.25, 0.3) is 0 Å². The zero-order valence-electron chi connectivity index (χ0n) is 18.1. The number of unbranched alkanes of at least 4 members (excludes halogenated alkanes) is 1. The minimum Gasteiger partial charge on any atom is -0.473 e. The summed E-state index contributed by atoms with van der Waals surface area (Å²) < 4.78 is 16.8. The molecule has 0 fully saturated rings. The number of pyridine rings is 1. The Balaban J connectivity index is 1.62. The van der Waals surface area contributed by atoms with Crippen LogP contribution in [-0.2, 0) is 22.6 Å². The minimum atomic E-state index is 0.498. The Hall–Kier alpha value is -2.64. The molecule has 164 valence electrons. The number of hydrogen-bond donors (Lipinski definition) is 2. The van der Waals surface area contributed by atoms with Gasteiger partial charge in [-0.3, -0.25) is 4.99 Å². The van der Waals surface area contributed by atoms with Gasteiger partial charge >= 0.3 is 0 Å². The van der Waals surface area contributed by atoms with Crippen molar-refractivity contribution in [3.8, 4) is 5.88 Å². The highest BCUT2D eigenvalue weighted by Gasteiger charge is 2.02. The smallest absolute Gasteiger partial charge is 0.213 e. The first-order valence-electron chi connectivity index (χ1n) is 10.5. The van der Waals surface area contributed by atoms with Crippen molar-refractivity contribution in [1.29, 1.82) is 0 Å². The molecule has 30 heavy (non-hydrogen) atoms. The fourth-order valence-corrected chi connectivity index (χ4v) is 2.59. The topological polar surface area (TPSA) is 77.0 Å². The molecule has 0 saturated carbocycles. The maximum absolute atomic E-state index is 5.79.